The number of carbonyl (C=O) groups excluding carboxylic acids is 2. The molecule has 1 amide bonds. The van der Waals surface area contributed by atoms with Gasteiger partial charge in [-0.2, -0.15) is 0 Å². The van der Waals surface area contributed by atoms with Gasteiger partial charge in [-0.1, -0.05) is 91.4 Å². The molecular formula is C35H48ClNO3. The monoisotopic (exact) mass is 565 g/mol. The molecular weight excluding hydrogens is 518 g/mol. The fourth-order valence-corrected chi connectivity index (χ4v) is 3.68. The number of allylic oxidation sites excluding steroid dienone is 12. The van der Waals surface area contributed by atoms with Crippen molar-refractivity contribution in [1.29, 1.82) is 0 Å². The van der Waals surface area contributed by atoms with Gasteiger partial charge in [-0.25, -0.2) is 0 Å². The minimum absolute atomic E-state index is 0.213. The van der Waals surface area contributed by atoms with Gasteiger partial charge in [-0.15, -0.1) is 0 Å². The van der Waals surface area contributed by atoms with Crippen molar-refractivity contribution < 1.29 is 14.3 Å². The summed E-state index contributed by atoms with van der Waals surface area (Å²) in [5.41, 5.74) is -1.02. The molecule has 0 saturated carbocycles. The van der Waals surface area contributed by atoms with Crippen molar-refractivity contribution in [3.8, 4) is 5.75 Å². The zero-order valence-corrected chi connectivity index (χ0v) is 25.4. The molecule has 1 N–H and O–H groups in total. The Morgan fingerprint density at radius 2 is 1.23 bits per heavy atom. The fourth-order valence-electron chi connectivity index (χ4n) is 3.55. The highest BCUT2D eigenvalue weighted by atomic mass is 35.5. The first-order valence-electron chi connectivity index (χ1n) is 14.5. The van der Waals surface area contributed by atoms with E-state index in [9.17, 15) is 9.59 Å². The maximum atomic E-state index is 12.5. The van der Waals surface area contributed by atoms with Crippen LogP contribution in [0.2, 0.25) is 5.02 Å². The van der Waals surface area contributed by atoms with Gasteiger partial charge in [0.2, 0.25) is 0 Å². The quantitative estimate of drug-likeness (QED) is 0.119. The smallest absolute Gasteiger partial charge is 0.263 e. The first kappa shape index (κ1) is 34.9. The Labute approximate surface area is 247 Å². The first-order valence-corrected chi connectivity index (χ1v) is 14.9. The second kappa shape index (κ2) is 22.7. The zero-order chi connectivity index (χ0) is 29.3. The van der Waals surface area contributed by atoms with E-state index >= 15 is 0 Å². The number of rotatable bonds is 21. The van der Waals surface area contributed by atoms with Crippen molar-refractivity contribution in [2.24, 2.45) is 0 Å². The first-order chi connectivity index (χ1) is 19.3. The summed E-state index contributed by atoms with van der Waals surface area (Å²) in [4.78, 5) is 24.6. The van der Waals surface area contributed by atoms with Crippen molar-refractivity contribution in [2.75, 3.05) is 6.54 Å². The van der Waals surface area contributed by atoms with Crippen LogP contribution in [0.1, 0.15) is 85.0 Å². The number of hydrogen-bond donors (Lipinski definition) is 1. The van der Waals surface area contributed by atoms with Gasteiger partial charge in [0.1, 0.15) is 11.5 Å². The molecule has 0 radical (unpaired) electrons. The number of Topliss-reactive ketones (excluding diaryl/α,β-unsaturated/α-hetero) is 1. The van der Waals surface area contributed by atoms with E-state index in [0.29, 0.717) is 36.6 Å². The zero-order valence-electron chi connectivity index (χ0n) is 24.6. The summed E-state index contributed by atoms with van der Waals surface area (Å²) in [6.45, 7) is 6.02. The van der Waals surface area contributed by atoms with Crippen LogP contribution in [0, 0.1) is 0 Å². The number of benzene rings is 1. The molecule has 0 aliphatic rings. The van der Waals surface area contributed by atoms with Gasteiger partial charge in [-0.3, -0.25) is 9.59 Å². The SMILES string of the molecule is CC/C=C\C/C=C\C/C=C\C/C=C\C/C=C\C/C=C\CCC(=O)CCCNC(=O)C(C)(C)Oc1ccc(Cl)cc1. The lowest BCUT2D eigenvalue weighted by molar-refractivity contribution is -0.134. The number of ketones is 1. The molecule has 1 aromatic carbocycles. The summed E-state index contributed by atoms with van der Waals surface area (Å²) < 4.78 is 5.79. The number of nitrogens with one attached hydrogen (secondary N) is 1. The average Bonchev–Trinajstić information content (AvgIpc) is 2.93. The highest BCUT2D eigenvalue weighted by Crippen LogP contribution is 2.21. The summed E-state index contributed by atoms with van der Waals surface area (Å²) >= 11 is 5.89. The van der Waals surface area contributed by atoms with Crippen LogP contribution < -0.4 is 10.1 Å². The van der Waals surface area contributed by atoms with E-state index in [-0.39, 0.29) is 11.7 Å². The molecule has 0 spiro atoms. The number of hydrogen-bond acceptors (Lipinski definition) is 3. The molecule has 0 fully saturated rings. The average molecular weight is 566 g/mol. The number of halogens is 1. The van der Waals surface area contributed by atoms with Crippen LogP contribution in [0.5, 0.6) is 5.75 Å². The third-order valence-corrected chi connectivity index (χ3v) is 6.09. The van der Waals surface area contributed by atoms with Crippen molar-refractivity contribution in [1.82, 2.24) is 5.32 Å². The second-order valence-corrected chi connectivity index (χ2v) is 10.4. The van der Waals surface area contributed by atoms with Crippen LogP contribution in [0.15, 0.2) is 97.2 Å². The van der Waals surface area contributed by atoms with Crippen LogP contribution in [0.3, 0.4) is 0 Å². The minimum Gasteiger partial charge on any atom is -0.478 e. The molecule has 40 heavy (non-hydrogen) atoms. The van der Waals surface area contributed by atoms with E-state index < -0.39 is 5.60 Å². The summed E-state index contributed by atoms with van der Waals surface area (Å²) in [5, 5.41) is 3.47. The highest BCUT2D eigenvalue weighted by Gasteiger charge is 2.29. The van der Waals surface area contributed by atoms with E-state index in [4.69, 9.17) is 16.3 Å². The number of amides is 1. The van der Waals surface area contributed by atoms with Gasteiger partial charge < -0.3 is 10.1 Å². The predicted octanol–water partition coefficient (Wildman–Crippen LogP) is 9.44. The molecule has 0 aliphatic heterocycles. The Morgan fingerprint density at radius 3 is 1.73 bits per heavy atom. The van der Waals surface area contributed by atoms with E-state index in [0.717, 1.165) is 44.9 Å². The molecule has 1 rings (SSSR count). The lowest BCUT2D eigenvalue weighted by Crippen LogP contribution is -2.46. The van der Waals surface area contributed by atoms with E-state index in [2.05, 4.69) is 85.2 Å². The Bertz CT molecular complexity index is 1010. The normalized spacial score (nSPS) is 12.7. The Hall–Kier alpha value is -3.11. The molecule has 0 heterocycles. The van der Waals surface area contributed by atoms with Gasteiger partial charge in [0.15, 0.2) is 5.60 Å². The predicted molar refractivity (Wildman–Crippen MR) is 171 cm³/mol. The fraction of sp³-hybridized carbons (Fsp3) is 0.429. The molecule has 0 saturated heterocycles. The maximum Gasteiger partial charge on any atom is 0.263 e. The van der Waals surface area contributed by atoms with Crippen molar-refractivity contribution in [3.05, 3.63) is 102 Å². The Balaban J connectivity index is 2.05. The van der Waals surface area contributed by atoms with Gasteiger partial charge >= 0.3 is 0 Å². The minimum atomic E-state index is -1.02. The third kappa shape index (κ3) is 19.0. The summed E-state index contributed by atoms with van der Waals surface area (Å²) in [7, 11) is 0. The lowest BCUT2D eigenvalue weighted by atomic mass is 10.1. The lowest BCUT2D eigenvalue weighted by Gasteiger charge is -2.25. The number of ether oxygens (including phenoxy) is 1. The van der Waals surface area contributed by atoms with E-state index in [1.807, 2.05) is 0 Å². The molecule has 0 atom stereocenters. The van der Waals surface area contributed by atoms with Crippen molar-refractivity contribution in [3.63, 3.8) is 0 Å². The van der Waals surface area contributed by atoms with Crippen LogP contribution in [0.4, 0.5) is 0 Å². The van der Waals surface area contributed by atoms with Gasteiger partial charge in [0.25, 0.3) is 5.91 Å². The molecule has 4 nitrogen and oxygen atoms in total. The molecule has 0 bridgehead atoms. The summed E-state index contributed by atoms with van der Waals surface area (Å²) in [5.74, 6) is 0.576. The van der Waals surface area contributed by atoms with Gasteiger partial charge in [-0.05, 0) is 89.5 Å². The standard InChI is InChI=1S/C35H48ClNO3/c1-4-5-6-7-8-9-10-11-12-13-14-15-16-17-18-19-20-21-22-24-32(38)25-23-30-37-34(39)35(2,3)40-33-28-26-31(36)27-29-33/h5-6,8-9,11-12,14-15,17-18,20-21,26-29H,4,7,10,13,16,19,22-25,30H2,1-3H3,(H,37,39)/b6-5-,9-8-,12-11-,15-14-,18-17-,21-20-. The third-order valence-electron chi connectivity index (χ3n) is 5.84. The number of carbonyl (C=O) groups is 2. The largest absolute Gasteiger partial charge is 0.478 e. The molecule has 1 aromatic rings. The highest BCUT2D eigenvalue weighted by molar-refractivity contribution is 6.30. The topological polar surface area (TPSA) is 55.4 Å². The van der Waals surface area contributed by atoms with Gasteiger partial charge in [0, 0.05) is 24.4 Å². The molecule has 218 valence electrons. The van der Waals surface area contributed by atoms with Crippen LogP contribution >= 0.6 is 11.6 Å². The van der Waals surface area contributed by atoms with Crippen molar-refractivity contribution >= 4 is 23.3 Å². The van der Waals surface area contributed by atoms with E-state index in [1.54, 1.807) is 38.1 Å². The van der Waals surface area contributed by atoms with Crippen LogP contribution in [-0.2, 0) is 9.59 Å². The Kier molecular flexibility index (Phi) is 19.8. The van der Waals surface area contributed by atoms with Gasteiger partial charge in [0.05, 0.1) is 0 Å². The molecule has 0 aliphatic carbocycles. The maximum absolute atomic E-state index is 12.5. The molecule has 0 unspecified atom stereocenters. The molecule has 5 heteroatoms. The Morgan fingerprint density at radius 1 is 0.750 bits per heavy atom. The van der Waals surface area contributed by atoms with E-state index in [1.165, 1.54) is 0 Å². The van der Waals surface area contributed by atoms with Crippen molar-refractivity contribution in [2.45, 2.75) is 90.6 Å². The second-order valence-electron chi connectivity index (χ2n) is 9.92. The molecule has 0 aromatic heterocycles. The summed E-state index contributed by atoms with van der Waals surface area (Å²) in [6.07, 6.45) is 34.3. The summed E-state index contributed by atoms with van der Waals surface area (Å²) in [6, 6.07) is 6.90. The van der Waals surface area contributed by atoms with Crippen LogP contribution in [-0.4, -0.2) is 23.8 Å². The van der Waals surface area contributed by atoms with Crippen LogP contribution in [0.25, 0.3) is 0 Å².